The number of carbonyl (C=O) groups is 3. The third kappa shape index (κ3) is 6.13. The molecule has 0 unspecified atom stereocenters. The lowest BCUT2D eigenvalue weighted by Crippen LogP contribution is -2.25. The summed E-state index contributed by atoms with van der Waals surface area (Å²) in [7, 11) is 0. The zero-order valence-corrected chi connectivity index (χ0v) is 25.5. The summed E-state index contributed by atoms with van der Waals surface area (Å²) in [6.45, 7) is 6.41. The molecule has 4 aromatic rings. The van der Waals surface area contributed by atoms with Crippen LogP contribution >= 0.6 is 22.9 Å². The van der Waals surface area contributed by atoms with Crippen molar-refractivity contribution in [1.82, 2.24) is 10.3 Å². The monoisotopic (exact) mass is 618 g/mol. The number of hydrogen-bond donors (Lipinski definition) is 4. The Morgan fingerprint density at radius 1 is 1.12 bits per heavy atom. The van der Waals surface area contributed by atoms with E-state index in [2.05, 4.69) is 15.6 Å². The number of anilines is 1. The number of nitrogens with one attached hydrogen (secondary N) is 2. The van der Waals surface area contributed by atoms with Gasteiger partial charge in [-0.05, 0) is 78.7 Å². The van der Waals surface area contributed by atoms with Crippen molar-refractivity contribution in [2.75, 3.05) is 11.9 Å². The third-order valence-electron chi connectivity index (χ3n) is 7.17. The molecular formula is C32H31ClN4O5S. The Kier molecular flexibility index (Phi) is 8.82. The van der Waals surface area contributed by atoms with Gasteiger partial charge in [0.15, 0.2) is 5.69 Å². The third-order valence-corrected chi connectivity index (χ3v) is 8.46. The number of thiophene rings is 1. The predicted octanol–water partition coefficient (Wildman–Crippen LogP) is 6.31. The Hall–Kier alpha value is -4.25. The molecule has 0 saturated carbocycles. The number of halogens is 1. The number of aromatic nitrogens is 1. The minimum Gasteiger partial charge on any atom is -0.490 e. The van der Waals surface area contributed by atoms with Gasteiger partial charge in [-0.3, -0.25) is 9.59 Å². The van der Waals surface area contributed by atoms with E-state index >= 15 is 0 Å². The average molecular weight is 619 g/mol. The molecule has 5 rings (SSSR count). The van der Waals surface area contributed by atoms with Crippen molar-refractivity contribution in [2.24, 2.45) is 5.73 Å². The number of rotatable bonds is 8. The van der Waals surface area contributed by atoms with Crippen LogP contribution in [-0.4, -0.2) is 40.5 Å². The molecule has 5 N–H and O–H groups in total. The number of amides is 2. The van der Waals surface area contributed by atoms with E-state index in [1.54, 1.807) is 29.5 Å². The van der Waals surface area contributed by atoms with Gasteiger partial charge in [-0.1, -0.05) is 24.6 Å². The van der Waals surface area contributed by atoms with Crippen LogP contribution in [0.4, 0.5) is 5.69 Å². The molecule has 3 heterocycles. The number of aromatic carboxylic acids is 1. The van der Waals surface area contributed by atoms with Crippen molar-refractivity contribution in [2.45, 2.75) is 46.3 Å². The molecule has 9 nitrogen and oxygen atoms in total. The molecule has 1 atom stereocenters. The first-order valence-electron chi connectivity index (χ1n) is 13.9. The smallest absolute Gasteiger partial charge is 0.355 e. The molecule has 0 saturated heterocycles. The quantitative estimate of drug-likeness (QED) is 0.181. The summed E-state index contributed by atoms with van der Waals surface area (Å²) in [5.41, 5.74) is 9.84. The van der Waals surface area contributed by atoms with Gasteiger partial charge in [-0.15, -0.1) is 11.3 Å². The summed E-state index contributed by atoms with van der Waals surface area (Å²) >= 11 is 8.09. The Morgan fingerprint density at radius 2 is 1.91 bits per heavy atom. The number of benzene rings is 2. The zero-order chi connectivity index (χ0) is 30.8. The number of carbonyl (C=O) groups excluding carboxylic acids is 2. The second-order valence-corrected chi connectivity index (χ2v) is 11.7. The summed E-state index contributed by atoms with van der Waals surface area (Å²) in [6, 6.07) is 11.9. The fraction of sp³-hybridized carbons (Fsp3) is 0.250. The number of nitrogens with zero attached hydrogens (tertiary/aromatic N) is 1. The molecule has 1 aliphatic heterocycles. The number of fused-ring (bicyclic) bond motifs is 3. The van der Waals surface area contributed by atoms with Crippen LogP contribution in [0.3, 0.4) is 0 Å². The van der Waals surface area contributed by atoms with E-state index in [0.29, 0.717) is 48.0 Å². The van der Waals surface area contributed by atoms with Crippen LogP contribution in [0.25, 0.3) is 21.6 Å². The highest BCUT2D eigenvalue weighted by atomic mass is 35.5. The number of carboxylic acids is 1. The Labute approximate surface area is 258 Å². The van der Waals surface area contributed by atoms with Gasteiger partial charge in [0.2, 0.25) is 0 Å². The first-order chi connectivity index (χ1) is 20.6. The van der Waals surface area contributed by atoms with Gasteiger partial charge >= 0.3 is 5.97 Å². The molecule has 43 heavy (non-hydrogen) atoms. The molecule has 1 aliphatic rings. The van der Waals surface area contributed by atoms with Crippen molar-refractivity contribution >= 4 is 46.4 Å². The first-order valence-corrected chi connectivity index (χ1v) is 15.1. The van der Waals surface area contributed by atoms with Gasteiger partial charge in [0.05, 0.1) is 10.7 Å². The van der Waals surface area contributed by atoms with Crippen LogP contribution in [0.5, 0.6) is 5.75 Å². The molecule has 0 radical (unpaired) electrons. The Morgan fingerprint density at radius 3 is 2.60 bits per heavy atom. The van der Waals surface area contributed by atoms with E-state index < -0.39 is 17.8 Å². The van der Waals surface area contributed by atoms with Crippen LogP contribution in [-0.2, 0) is 13.0 Å². The standard InChI is InChI=1S/C32H31ClN4O5S/c1-4-8-35-31(39)25-6-5-20(28(36-25)32(40)41)21-14-26-23(29-19(7-9-43-29)11-17(3)42-26)13-22(21)30(38)37-27-16(2)10-18(15-34)12-24(27)33/h5-7,9-10,12-14,17H,4,8,11,15,34H2,1-3H3,(H,35,39)(H,37,38)(H,40,41)/t17-/m0/s1. The minimum absolute atomic E-state index is 0.0362. The molecular weight excluding hydrogens is 588 g/mol. The lowest BCUT2D eigenvalue weighted by atomic mass is 9.93. The normalized spacial score (nSPS) is 13.7. The number of nitrogens with two attached hydrogens (primary N) is 1. The summed E-state index contributed by atoms with van der Waals surface area (Å²) in [4.78, 5) is 44.3. The second kappa shape index (κ2) is 12.5. The van der Waals surface area contributed by atoms with Crippen molar-refractivity contribution in [1.29, 1.82) is 0 Å². The maximum atomic E-state index is 14.1. The number of hydrogen-bond acceptors (Lipinski definition) is 7. The van der Waals surface area contributed by atoms with E-state index in [1.165, 1.54) is 12.1 Å². The van der Waals surface area contributed by atoms with Gasteiger partial charge in [-0.25, -0.2) is 9.78 Å². The molecule has 0 bridgehead atoms. The van der Waals surface area contributed by atoms with Gasteiger partial charge < -0.3 is 26.2 Å². The Bertz CT molecular complexity index is 1730. The molecule has 0 spiro atoms. The van der Waals surface area contributed by atoms with E-state index in [9.17, 15) is 19.5 Å². The van der Waals surface area contributed by atoms with Gasteiger partial charge in [0.25, 0.3) is 11.8 Å². The van der Waals surface area contributed by atoms with Gasteiger partial charge in [0.1, 0.15) is 17.5 Å². The highest BCUT2D eigenvalue weighted by molar-refractivity contribution is 7.13. The second-order valence-electron chi connectivity index (χ2n) is 10.4. The summed E-state index contributed by atoms with van der Waals surface area (Å²) in [6.07, 6.45) is 1.23. The summed E-state index contributed by atoms with van der Waals surface area (Å²) < 4.78 is 6.29. The van der Waals surface area contributed by atoms with E-state index in [-0.39, 0.29) is 28.6 Å². The van der Waals surface area contributed by atoms with Crippen molar-refractivity contribution < 1.29 is 24.2 Å². The first kappa shape index (κ1) is 30.2. The molecule has 0 fully saturated rings. The average Bonchev–Trinajstić information content (AvgIpc) is 3.39. The van der Waals surface area contributed by atoms with Gasteiger partial charge in [0, 0.05) is 46.6 Å². The van der Waals surface area contributed by atoms with E-state index in [1.807, 2.05) is 38.3 Å². The van der Waals surface area contributed by atoms with E-state index in [4.69, 9.17) is 22.1 Å². The van der Waals surface area contributed by atoms with Crippen LogP contribution in [0.15, 0.2) is 47.8 Å². The summed E-state index contributed by atoms with van der Waals surface area (Å²) in [5.74, 6) is -1.81. The lowest BCUT2D eigenvalue weighted by molar-refractivity contribution is 0.0691. The fourth-order valence-corrected chi connectivity index (χ4v) is 6.43. The highest BCUT2D eigenvalue weighted by Crippen LogP contribution is 2.44. The maximum absolute atomic E-state index is 14.1. The van der Waals surface area contributed by atoms with Crippen LogP contribution in [0.2, 0.25) is 5.02 Å². The number of pyridine rings is 1. The molecule has 0 aliphatic carbocycles. The lowest BCUT2D eigenvalue weighted by Gasteiger charge is -2.19. The van der Waals surface area contributed by atoms with Crippen LogP contribution in [0.1, 0.15) is 68.3 Å². The van der Waals surface area contributed by atoms with Crippen molar-refractivity contribution in [3.8, 4) is 27.3 Å². The number of aryl methyl sites for hydroxylation is 1. The summed E-state index contributed by atoms with van der Waals surface area (Å²) in [5, 5.41) is 18.1. The molecule has 2 amide bonds. The van der Waals surface area contributed by atoms with Crippen LogP contribution < -0.4 is 21.1 Å². The topological polar surface area (TPSA) is 144 Å². The maximum Gasteiger partial charge on any atom is 0.355 e. The largest absolute Gasteiger partial charge is 0.490 e. The minimum atomic E-state index is -1.34. The fourth-order valence-electron chi connectivity index (χ4n) is 5.13. The highest BCUT2D eigenvalue weighted by Gasteiger charge is 2.28. The van der Waals surface area contributed by atoms with Crippen molar-refractivity contribution in [3.05, 3.63) is 86.5 Å². The molecule has 2 aromatic heterocycles. The SMILES string of the molecule is CCCNC(=O)c1ccc(-c2cc3c(cc2C(=O)Nc2c(C)cc(CN)cc2Cl)-c2sccc2C[C@H](C)O3)c(C(=O)O)n1. The van der Waals surface area contributed by atoms with E-state index in [0.717, 1.165) is 27.1 Å². The zero-order valence-electron chi connectivity index (χ0n) is 23.9. The Balaban J connectivity index is 1.70. The molecule has 2 aromatic carbocycles. The van der Waals surface area contributed by atoms with Gasteiger partial charge in [-0.2, -0.15) is 0 Å². The number of carboxylic acid groups (broad SMARTS) is 1. The number of ether oxygens (including phenoxy) is 1. The predicted molar refractivity (Wildman–Crippen MR) is 168 cm³/mol. The molecule has 11 heteroatoms. The van der Waals surface area contributed by atoms with Crippen LogP contribution in [0, 0.1) is 6.92 Å². The molecule has 222 valence electrons. The van der Waals surface area contributed by atoms with Crippen molar-refractivity contribution in [3.63, 3.8) is 0 Å².